The minimum Gasteiger partial charge on any atom is -0.0985 e. The van der Waals surface area contributed by atoms with Crippen LogP contribution in [0.15, 0.2) is 145 Å². The Hall–Kier alpha value is -4.72. The van der Waals surface area contributed by atoms with Crippen molar-refractivity contribution in [3.63, 3.8) is 0 Å². The smallest absolute Gasteiger partial charge is 0.0181 e. The van der Waals surface area contributed by atoms with Crippen molar-refractivity contribution in [3.8, 4) is 33.4 Å². The van der Waals surface area contributed by atoms with Crippen molar-refractivity contribution >= 4 is 65.1 Å². The lowest BCUT2D eigenvalue weighted by molar-refractivity contribution is 1.58. The third-order valence-electron chi connectivity index (χ3n) is 8.38. The van der Waals surface area contributed by atoms with Crippen LogP contribution in [0.3, 0.4) is 0 Å². The van der Waals surface area contributed by atoms with E-state index in [0.29, 0.717) is 0 Å². The number of rotatable bonds is 4. The predicted octanol–water partition coefficient (Wildman–Crippen LogP) is 12.1. The zero-order chi connectivity index (χ0) is 27.5. The lowest BCUT2D eigenvalue weighted by Gasteiger charge is -2.23. The van der Waals surface area contributed by atoms with Gasteiger partial charge in [0.05, 0.1) is 0 Å². The molecule has 0 fully saturated rings. The van der Waals surface area contributed by atoms with Crippen LogP contribution in [0.2, 0.25) is 0 Å². The molecule has 0 saturated carbocycles. The van der Waals surface area contributed by atoms with Gasteiger partial charge >= 0.3 is 0 Å². The van der Waals surface area contributed by atoms with Gasteiger partial charge in [0.15, 0.2) is 0 Å². The fraction of sp³-hybridized carbons (Fsp3) is 0. The van der Waals surface area contributed by atoms with Crippen LogP contribution in [0.4, 0.5) is 0 Å². The van der Waals surface area contributed by atoms with Crippen LogP contribution in [0.25, 0.3) is 82.5 Å². The molecule has 0 spiro atoms. The summed E-state index contributed by atoms with van der Waals surface area (Å²) in [6.07, 6.45) is 1.94. The summed E-state index contributed by atoms with van der Waals surface area (Å²) in [5.74, 6) is 0. The Balaban J connectivity index is 1.71. The minimum absolute atomic E-state index is 1.07. The van der Waals surface area contributed by atoms with Crippen LogP contribution >= 0.6 is 15.9 Å². The van der Waals surface area contributed by atoms with E-state index in [1.54, 1.807) is 0 Å². The third kappa shape index (κ3) is 3.74. The van der Waals surface area contributed by atoms with Crippen LogP contribution in [0, 0.1) is 0 Å². The molecule has 41 heavy (non-hydrogen) atoms. The normalized spacial score (nSPS) is 11.6. The number of hydrogen-bond donors (Lipinski definition) is 0. The molecule has 0 heterocycles. The van der Waals surface area contributed by atoms with Crippen LogP contribution < -0.4 is 0 Å². The number of benzene rings is 8. The van der Waals surface area contributed by atoms with E-state index in [1.807, 2.05) is 6.08 Å². The topological polar surface area (TPSA) is 0 Å². The van der Waals surface area contributed by atoms with Gasteiger partial charge in [-0.05, 0) is 106 Å². The summed E-state index contributed by atoms with van der Waals surface area (Å²) < 4.78 is 1.07. The second kappa shape index (κ2) is 9.44. The lowest BCUT2D eigenvalue weighted by atomic mass is 9.80. The molecule has 0 nitrogen and oxygen atoms in total. The van der Waals surface area contributed by atoms with Gasteiger partial charge in [0.1, 0.15) is 0 Å². The second-order valence-electron chi connectivity index (χ2n) is 10.7. The molecule has 0 atom stereocenters. The van der Waals surface area contributed by atoms with Gasteiger partial charge in [-0.25, -0.2) is 0 Å². The Labute approximate surface area is 247 Å². The molecule has 0 bridgehead atoms. The molecular weight excluding hydrogens is 560 g/mol. The molecule has 192 valence electrons. The molecule has 0 amide bonds. The highest BCUT2D eigenvalue weighted by atomic mass is 79.9. The molecule has 0 unspecified atom stereocenters. The molecule has 8 rings (SSSR count). The highest BCUT2D eigenvalue weighted by Crippen LogP contribution is 2.50. The largest absolute Gasteiger partial charge is 0.0985 e. The van der Waals surface area contributed by atoms with Crippen molar-refractivity contribution < 1.29 is 0 Å². The summed E-state index contributed by atoms with van der Waals surface area (Å²) in [6.45, 7) is 4.08. The first-order valence-electron chi connectivity index (χ1n) is 13.9. The molecule has 0 radical (unpaired) electrons. The first-order chi connectivity index (χ1) is 20.2. The summed E-state index contributed by atoms with van der Waals surface area (Å²) in [5.41, 5.74) is 8.43. The van der Waals surface area contributed by atoms with E-state index in [4.69, 9.17) is 0 Å². The first-order valence-corrected chi connectivity index (χ1v) is 14.7. The van der Waals surface area contributed by atoms with Gasteiger partial charge in [-0.2, -0.15) is 0 Å². The van der Waals surface area contributed by atoms with Gasteiger partial charge in [-0.15, -0.1) is 0 Å². The van der Waals surface area contributed by atoms with Crippen molar-refractivity contribution in [3.05, 3.63) is 150 Å². The minimum atomic E-state index is 1.07. The Kier molecular flexibility index (Phi) is 5.55. The molecule has 0 aliphatic carbocycles. The zero-order valence-electron chi connectivity index (χ0n) is 22.4. The molecule has 0 aliphatic heterocycles. The van der Waals surface area contributed by atoms with Gasteiger partial charge in [0.25, 0.3) is 0 Å². The second-order valence-corrected chi connectivity index (χ2v) is 11.6. The van der Waals surface area contributed by atoms with E-state index >= 15 is 0 Å². The maximum atomic E-state index is 4.08. The molecular formula is C40H25Br. The van der Waals surface area contributed by atoms with Gasteiger partial charge in [-0.1, -0.05) is 138 Å². The summed E-state index contributed by atoms with van der Waals surface area (Å²) in [4.78, 5) is 0. The number of halogens is 1. The van der Waals surface area contributed by atoms with Gasteiger partial charge in [0.2, 0.25) is 0 Å². The summed E-state index contributed by atoms with van der Waals surface area (Å²) in [7, 11) is 0. The fourth-order valence-electron chi connectivity index (χ4n) is 6.65. The van der Waals surface area contributed by atoms with E-state index in [0.717, 1.165) is 10.0 Å². The van der Waals surface area contributed by atoms with E-state index in [1.165, 1.54) is 76.5 Å². The molecule has 8 aromatic carbocycles. The van der Waals surface area contributed by atoms with Crippen molar-refractivity contribution in [2.75, 3.05) is 0 Å². The highest BCUT2D eigenvalue weighted by Gasteiger charge is 2.23. The lowest BCUT2D eigenvalue weighted by Crippen LogP contribution is -1.95. The van der Waals surface area contributed by atoms with Crippen molar-refractivity contribution in [1.29, 1.82) is 0 Å². The van der Waals surface area contributed by atoms with Gasteiger partial charge in [0, 0.05) is 4.47 Å². The van der Waals surface area contributed by atoms with Crippen molar-refractivity contribution in [1.82, 2.24) is 0 Å². The summed E-state index contributed by atoms with van der Waals surface area (Å²) in [6, 6.07) is 48.8. The fourth-order valence-corrected chi connectivity index (χ4v) is 7.05. The molecule has 0 aliphatic rings. The Morgan fingerprint density at radius 1 is 0.463 bits per heavy atom. The Morgan fingerprint density at radius 3 is 1.80 bits per heavy atom. The standard InChI is InChI=1S/C40H25Br/c1-2-25-10-6-16-30(22-25)38-34(26-11-4-3-5-12-26)24-35(29-15-7-17-31(41)23-29)39-32-18-8-13-27-20-21-28-14-9-19-33(40(38)39)37(28)36(27)32/h2-24H,1H2. The SMILES string of the molecule is C=Cc1cccc(-c2c(-c3ccccc3)cc(-c3cccc(Br)c3)c3c4cccc5ccc6cccc(c23)c6c54)c1. The molecule has 0 aromatic heterocycles. The maximum Gasteiger partial charge on any atom is 0.0181 e. The van der Waals surface area contributed by atoms with Gasteiger partial charge in [-0.3, -0.25) is 0 Å². The molecule has 0 N–H and O–H groups in total. The predicted molar refractivity (Wildman–Crippen MR) is 182 cm³/mol. The average Bonchev–Trinajstić information content (AvgIpc) is 3.03. The molecule has 1 heteroatoms. The monoisotopic (exact) mass is 584 g/mol. The first kappa shape index (κ1) is 24.1. The Bertz CT molecular complexity index is 2270. The average molecular weight is 586 g/mol. The Morgan fingerprint density at radius 2 is 1.10 bits per heavy atom. The number of hydrogen-bond acceptors (Lipinski definition) is 0. The van der Waals surface area contributed by atoms with E-state index in [2.05, 4.69) is 156 Å². The van der Waals surface area contributed by atoms with Crippen molar-refractivity contribution in [2.24, 2.45) is 0 Å². The summed E-state index contributed by atoms with van der Waals surface area (Å²) in [5, 5.41) is 10.4. The van der Waals surface area contributed by atoms with E-state index < -0.39 is 0 Å². The zero-order valence-corrected chi connectivity index (χ0v) is 24.0. The quantitative estimate of drug-likeness (QED) is 0.142. The number of fused-ring (bicyclic) bond motifs is 3. The highest BCUT2D eigenvalue weighted by molar-refractivity contribution is 9.10. The molecule has 0 saturated heterocycles. The van der Waals surface area contributed by atoms with Crippen LogP contribution in [0.5, 0.6) is 0 Å². The maximum absolute atomic E-state index is 4.08. The molecule has 8 aromatic rings. The third-order valence-corrected chi connectivity index (χ3v) is 8.88. The van der Waals surface area contributed by atoms with Crippen LogP contribution in [-0.4, -0.2) is 0 Å². The van der Waals surface area contributed by atoms with Gasteiger partial charge < -0.3 is 0 Å². The van der Waals surface area contributed by atoms with Crippen LogP contribution in [-0.2, 0) is 0 Å². The summed E-state index contributed by atoms with van der Waals surface area (Å²) >= 11 is 3.76. The van der Waals surface area contributed by atoms with Crippen LogP contribution in [0.1, 0.15) is 5.56 Å². The van der Waals surface area contributed by atoms with E-state index in [-0.39, 0.29) is 0 Å². The van der Waals surface area contributed by atoms with Crippen molar-refractivity contribution in [2.45, 2.75) is 0 Å². The van der Waals surface area contributed by atoms with E-state index in [9.17, 15) is 0 Å².